The van der Waals surface area contributed by atoms with Crippen molar-refractivity contribution in [2.45, 2.75) is 38.6 Å². The van der Waals surface area contributed by atoms with Gasteiger partial charge in [0, 0.05) is 12.6 Å². The zero-order valence-corrected chi connectivity index (χ0v) is 7.79. The van der Waals surface area contributed by atoms with Gasteiger partial charge in [0.25, 0.3) is 0 Å². The molecule has 1 aliphatic heterocycles. The Morgan fingerprint density at radius 2 is 2.10 bits per heavy atom. The molecule has 0 aromatic heterocycles. The fraction of sp³-hybridized carbons (Fsp3) is 0.875. The predicted octanol–water partition coefficient (Wildman–Crippen LogP) is 2.21. The lowest BCUT2D eigenvalue weighted by Gasteiger charge is -2.41. The maximum Gasteiger partial charge on any atom is 0.0781 e. The number of hydrogen-bond donors (Lipinski definition) is 0. The fourth-order valence-corrected chi connectivity index (χ4v) is 1.74. The fourth-order valence-electron chi connectivity index (χ4n) is 1.35. The monoisotopic (exact) mass is 157 g/mol. The molecule has 0 aromatic rings. The van der Waals surface area contributed by atoms with Crippen molar-refractivity contribution in [2.24, 2.45) is 0 Å². The van der Waals surface area contributed by atoms with Gasteiger partial charge >= 0.3 is 0 Å². The molecular weight excluding hydrogens is 142 g/mol. The van der Waals surface area contributed by atoms with Crippen LogP contribution in [-0.4, -0.2) is 22.5 Å². The lowest BCUT2D eigenvalue weighted by molar-refractivity contribution is 0.213. The summed E-state index contributed by atoms with van der Waals surface area (Å²) in [4.78, 5) is 3.35. The Hall–Kier alpha value is -0.110. The lowest BCUT2D eigenvalue weighted by atomic mass is 9.91. The summed E-state index contributed by atoms with van der Waals surface area (Å²) in [5, 5.41) is 0. The summed E-state index contributed by atoms with van der Waals surface area (Å²) in [6, 6.07) is 0. The first-order valence-corrected chi connectivity index (χ1v) is 4.21. The molecule has 1 heterocycles. The van der Waals surface area contributed by atoms with E-state index in [1.165, 1.54) is 12.8 Å². The van der Waals surface area contributed by atoms with Crippen molar-refractivity contribution in [1.29, 1.82) is 0 Å². The number of thiocarbonyl (C=S) groups is 1. The van der Waals surface area contributed by atoms with Crippen LogP contribution in [0.15, 0.2) is 0 Å². The van der Waals surface area contributed by atoms with E-state index in [4.69, 9.17) is 12.2 Å². The van der Waals surface area contributed by atoms with E-state index in [1.807, 2.05) is 0 Å². The molecule has 0 N–H and O–H groups in total. The first-order chi connectivity index (χ1) is 4.54. The Balaban J connectivity index is 2.69. The Morgan fingerprint density at radius 1 is 1.50 bits per heavy atom. The largest absolute Gasteiger partial charge is 0.364 e. The smallest absolute Gasteiger partial charge is 0.0781 e. The minimum Gasteiger partial charge on any atom is -0.364 e. The van der Waals surface area contributed by atoms with E-state index in [1.54, 1.807) is 0 Å². The van der Waals surface area contributed by atoms with Crippen molar-refractivity contribution in [2.75, 3.05) is 7.05 Å². The third kappa shape index (κ3) is 1.31. The second-order valence-electron chi connectivity index (χ2n) is 3.62. The third-order valence-corrected chi connectivity index (χ3v) is 2.94. The van der Waals surface area contributed by atoms with E-state index in [0.717, 1.165) is 11.4 Å². The predicted molar refractivity (Wildman–Crippen MR) is 48.3 cm³/mol. The summed E-state index contributed by atoms with van der Waals surface area (Å²) in [5.74, 6) is 0. The average Bonchev–Trinajstić information content (AvgIpc) is 1.83. The molecule has 0 radical (unpaired) electrons. The molecule has 0 unspecified atom stereocenters. The van der Waals surface area contributed by atoms with Gasteiger partial charge in [0.2, 0.25) is 0 Å². The average molecular weight is 157 g/mol. The van der Waals surface area contributed by atoms with E-state index in [2.05, 4.69) is 25.8 Å². The van der Waals surface area contributed by atoms with Crippen LogP contribution >= 0.6 is 12.2 Å². The molecule has 1 rings (SSSR count). The van der Waals surface area contributed by atoms with Gasteiger partial charge in [0.1, 0.15) is 0 Å². The van der Waals surface area contributed by atoms with Gasteiger partial charge in [0.05, 0.1) is 4.99 Å². The Kier molecular flexibility index (Phi) is 1.99. The van der Waals surface area contributed by atoms with Gasteiger partial charge in [-0.3, -0.25) is 0 Å². The molecule has 1 aliphatic rings. The highest BCUT2D eigenvalue weighted by Crippen LogP contribution is 2.26. The minimum absolute atomic E-state index is 0.301. The molecule has 0 atom stereocenters. The molecule has 0 bridgehead atoms. The summed E-state index contributed by atoms with van der Waals surface area (Å²) >= 11 is 5.20. The highest BCUT2D eigenvalue weighted by atomic mass is 32.1. The van der Waals surface area contributed by atoms with Crippen LogP contribution in [0.5, 0.6) is 0 Å². The van der Waals surface area contributed by atoms with E-state index < -0.39 is 0 Å². The zero-order valence-electron chi connectivity index (χ0n) is 6.98. The molecule has 0 amide bonds. The van der Waals surface area contributed by atoms with Crippen molar-refractivity contribution < 1.29 is 0 Å². The minimum atomic E-state index is 0.301. The molecule has 0 aromatic carbocycles. The quantitative estimate of drug-likeness (QED) is 0.496. The van der Waals surface area contributed by atoms with Gasteiger partial charge in [-0.25, -0.2) is 0 Å². The van der Waals surface area contributed by atoms with Crippen LogP contribution in [0.1, 0.15) is 33.1 Å². The normalized spacial score (nSPS) is 25.1. The molecule has 10 heavy (non-hydrogen) atoms. The van der Waals surface area contributed by atoms with E-state index in [-0.39, 0.29) is 0 Å². The van der Waals surface area contributed by atoms with Crippen LogP contribution in [0.4, 0.5) is 0 Å². The highest BCUT2D eigenvalue weighted by molar-refractivity contribution is 7.80. The van der Waals surface area contributed by atoms with Gasteiger partial charge in [-0.1, -0.05) is 12.2 Å². The Morgan fingerprint density at radius 3 is 2.50 bits per heavy atom. The SMILES string of the molecule is CN1C(=S)CCCC1(C)C. The molecule has 0 spiro atoms. The zero-order chi connectivity index (χ0) is 7.78. The van der Waals surface area contributed by atoms with Gasteiger partial charge in [-0.2, -0.15) is 0 Å². The van der Waals surface area contributed by atoms with Crippen molar-refractivity contribution in [3.63, 3.8) is 0 Å². The Bertz CT molecular complexity index is 151. The van der Waals surface area contributed by atoms with Crippen LogP contribution in [0.3, 0.4) is 0 Å². The molecule has 1 saturated heterocycles. The number of piperidine rings is 1. The second-order valence-corrected chi connectivity index (χ2v) is 4.09. The van der Waals surface area contributed by atoms with Gasteiger partial charge in [0.15, 0.2) is 0 Å². The van der Waals surface area contributed by atoms with Gasteiger partial charge in [-0.15, -0.1) is 0 Å². The summed E-state index contributed by atoms with van der Waals surface area (Å²) in [6.45, 7) is 4.50. The topological polar surface area (TPSA) is 3.24 Å². The van der Waals surface area contributed by atoms with Crippen LogP contribution in [-0.2, 0) is 0 Å². The van der Waals surface area contributed by atoms with Gasteiger partial charge in [-0.05, 0) is 33.1 Å². The van der Waals surface area contributed by atoms with E-state index in [9.17, 15) is 0 Å². The summed E-state index contributed by atoms with van der Waals surface area (Å²) in [5.41, 5.74) is 0.301. The molecule has 1 nitrogen and oxygen atoms in total. The molecule has 1 fully saturated rings. The lowest BCUT2D eigenvalue weighted by Crippen LogP contribution is -2.47. The third-order valence-electron chi connectivity index (χ3n) is 2.46. The van der Waals surface area contributed by atoms with Crippen molar-refractivity contribution in [3.8, 4) is 0 Å². The van der Waals surface area contributed by atoms with Crippen molar-refractivity contribution in [1.82, 2.24) is 4.90 Å². The first kappa shape index (κ1) is 7.99. The molecule has 58 valence electrons. The van der Waals surface area contributed by atoms with E-state index in [0.29, 0.717) is 5.54 Å². The van der Waals surface area contributed by atoms with E-state index >= 15 is 0 Å². The summed E-state index contributed by atoms with van der Waals surface area (Å²) in [6.07, 6.45) is 3.63. The summed E-state index contributed by atoms with van der Waals surface area (Å²) < 4.78 is 0. The number of nitrogens with zero attached hydrogens (tertiary/aromatic N) is 1. The number of likely N-dealkylation sites (tertiary alicyclic amines) is 1. The molecular formula is C8H15NS. The molecule has 0 saturated carbocycles. The van der Waals surface area contributed by atoms with Crippen molar-refractivity contribution in [3.05, 3.63) is 0 Å². The highest BCUT2D eigenvalue weighted by Gasteiger charge is 2.28. The second kappa shape index (κ2) is 2.50. The first-order valence-electron chi connectivity index (χ1n) is 3.81. The van der Waals surface area contributed by atoms with Crippen LogP contribution < -0.4 is 0 Å². The molecule has 0 aliphatic carbocycles. The number of hydrogen-bond acceptors (Lipinski definition) is 1. The maximum absolute atomic E-state index is 5.20. The van der Waals surface area contributed by atoms with Crippen LogP contribution in [0.25, 0.3) is 0 Å². The number of rotatable bonds is 0. The molecule has 2 heteroatoms. The maximum atomic E-state index is 5.20. The van der Waals surface area contributed by atoms with Gasteiger partial charge < -0.3 is 4.90 Å². The van der Waals surface area contributed by atoms with Crippen LogP contribution in [0, 0.1) is 0 Å². The Labute approximate surface area is 68.4 Å². The van der Waals surface area contributed by atoms with Crippen LogP contribution in [0.2, 0.25) is 0 Å². The summed E-state index contributed by atoms with van der Waals surface area (Å²) in [7, 11) is 2.10. The standard InChI is InChI=1S/C8H15NS/c1-8(2)6-4-5-7(10)9(8)3/h4-6H2,1-3H3. The van der Waals surface area contributed by atoms with Crippen molar-refractivity contribution >= 4 is 17.2 Å².